The quantitative estimate of drug-likeness (QED) is 0.721. The van der Waals surface area contributed by atoms with Crippen LogP contribution in [-0.2, 0) is 4.79 Å². The van der Waals surface area contributed by atoms with E-state index in [0.717, 1.165) is 18.7 Å². The van der Waals surface area contributed by atoms with Gasteiger partial charge in [0.1, 0.15) is 0 Å². The minimum atomic E-state index is 0.239. The molecule has 1 N–H and O–H groups in total. The summed E-state index contributed by atoms with van der Waals surface area (Å²) >= 11 is 0. The second kappa shape index (κ2) is 5.00. The molecule has 90 valence electrons. The predicted octanol–water partition coefficient (Wildman–Crippen LogP) is 1.70. The van der Waals surface area contributed by atoms with E-state index in [9.17, 15) is 4.79 Å². The van der Waals surface area contributed by atoms with Crippen LogP contribution in [0.4, 0.5) is 0 Å². The number of carbonyl (C=O) groups is 1. The average molecular weight is 222 g/mol. The van der Waals surface area contributed by atoms with Crippen LogP contribution in [0.3, 0.4) is 0 Å². The molecule has 0 bridgehead atoms. The van der Waals surface area contributed by atoms with Crippen molar-refractivity contribution >= 4 is 5.91 Å². The van der Waals surface area contributed by atoms with Crippen LogP contribution in [0.1, 0.15) is 39.0 Å². The van der Waals surface area contributed by atoms with Crippen LogP contribution in [-0.4, -0.2) is 37.0 Å². The lowest BCUT2D eigenvalue weighted by Crippen LogP contribution is -2.42. The summed E-state index contributed by atoms with van der Waals surface area (Å²) < 4.78 is 0. The van der Waals surface area contributed by atoms with Gasteiger partial charge in [-0.25, -0.2) is 0 Å². The maximum absolute atomic E-state index is 12.2. The molecule has 1 amide bonds. The van der Waals surface area contributed by atoms with Gasteiger partial charge in [0.15, 0.2) is 0 Å². The Morgan fingerprint density at radius 1 is 1.25 bits per heavy atom. The molecule has 1 aliphatic heterocycles. The van der Waals surface area contributed by atoms with Gasteiger partial charge in [0.25, 0.3) is 0 Å². The Kier molecular flexibility index (Phi) is 3.64. The third kappa shape index (κ3) is 2.29. The molecule has 0 unspecified atom stereocenters. The van der Waals surface area contributed by atoms with Gasteiger partial charge >= 0.3 is 0 Å². The molecule has 1 saturated carbocycles. The summed E-state index contributed by atoms with van der Waals surface area (Å²) in [5, 5.41) is 3.19. The summed E-state index contributed by atoms with van der Waals surface area (Å²) in [6.45, 7) is 3.77. The van der Waals surface area contributed by atoms with E-state index in [0.29, 0.717) is 6.04 Å². The Balaban J connectivity index is 1.97. The van der Waals surface area contributed by atoms with Crippen LogP contribution in [0.15, 0.2) is 11.1 Å². The summed E-state index contributed by atoms with van der Waals surface area (Å²) in [7, 11) is 1.97. The lowest BCUT2D eigenvalue weighted by atomic mass is 9.93. The molecule has 0 aromatic carbocycles. The fourth-order valence-electron chi connectivity index (χ4n) is 2.57. The van der Waals surface area contributed by atoms with Crippen molar-refractivity contribution in [3.8, 4) is 0 Å². The smallest absolute Gasteiger partial charge is 0.249 e. The summed E-state index contributed by atoms with van der Waals surface area (Å²) in [6.07, 6.45) is 6.26. The first kappa shape index (κ1) is 11.6. The zero-order valence-electron chi connectivity index (χ0n) is 10.4. The van der Waals surface area contributed by atoms with Crippen molar-refractivity contribution in [2.75, 3.05) is 20.1 Å². The highest BCUT2D eigenvalue weighted by molar-refractivity contribution is 5.94. The minimum Gasteiger partial charge on any atom is -0.339 e. The molecule has 1 aliphatic carbocycles. The van der Waals surface area contributed by atoms with Gasteiger partial charge in [0, 0.05) is 31.8 Å². The molecule has 1 heterocycles. The molecule has 0 spiro atoms. The monoisotopic (exact) mass is 222 g/mol. The van der Waals surface area contributed by atoms with E-state index in [1.165, 1.54) is 37.7 Å². The predicted molar refractivity (Wildman–Crippen MR) is 65.2 cm³/mol. The highest BCUT2D eigenvalue weighted by Crippen LogP contribution is 2.23. The van der Waals surface area contributed by atoms with Gasteiger partial charge in [-0.2, -0.15) is 0 Å². The molecule has 2 rings (SSSR count). The van der Waals surface area contributed by atoms with Crippen LogP contribution in [0.25, 0.3) is 0 Å². The molecule has 16 heavy (non-hydrogen) atoms. The normalized spacial score (nSPS) is 21.5. The SMILES string of the molecule is CC(C(=O)N(C)C1CCCCC1)=C1CNC1. The Morgan fingerprint density at radius 3 is 2.38 bits per heavy atom. The van der Waals surface area contributed by atoms with E-state index >= 15 is 0 Å². The molecule has 0 atom stereocenters. The number of nitrogens with zero attached hydrogens (tertiary/aromatic N) is 1. The van der Waals surface area contributed by atoms with Gasteiger partial charge in [-0.15, -0.1) is 0 Å². The number of amides is 1. The number of rotatable bonds is 2. The van der Waals surface area contributed by atoms with Crippen molar-refractivity contribution in [2.24, 2.45) is 0 Å². The van der Waals surface area contributed by atoms with Gasteiger partial charge in [-0.05, 0) is 25.3 Å². The molecular weight excluding hydrogens is 200 g/mol. The molecule has 3 nitrogen and oxygen atoms in total. The van der Waals surface area contributed by atoms with Crippen molar-refractivity contribution in [3.63, 3.8) is 0 Å². The number of hydrogen-bond acceptors (Lipinski definition) is 2. The van der Waals surface area contributed by atoms with Gasteiger partial charge in [0.05, 0.1) is 0 Å². The Labute approximate surface area is 97.9 Å². The van der Waals surface area contributed by atoms with Gasteiger partial charge in [-0.3, -0.25) is 4.79 Å². The van der Waals surface area contributed by atoms with Crippen molar-refractivity contribution in [1.82, 2.24) is 10.2 Å². The number of hydrogen-bond donors (Lipinski definition) is 1. The fourth-order valence-corrected chi connectivity index (χ4v) is 2.57. The first-order chi connectivity index (χ1) is 7.70. The topological polar surface area (TPSA) is 32.3 Å². The average Bonchev–Trinajstić information content (AvgIpc) is 2.26. The first-order valence-electron chi connectivity index (χ1n) is 6.36. The van der Waals surface area contributed by atoms with Crippen molar-refractivity contribution in [2.45, 2.75) is 45.1 Å². The van der Waals surface area contributed by atoms with Crippen molar-refractivity contribution < 1.29 is 4.79 Å². The molecule has 2 aliphatic rings. The zero-order valence-corrected chi connectivity index (χ0v) is 10.4. The highest BCUT2D eigenvalue weighted by Gasteiger charge is 2.25. The van der Waals surface area contributed by atoms with Gasteiger partial charge in [0.2, 0.25) is 5.91 Å². The van der Waals surface area contributed by atoms with E-state index in [4.69, 9.17) is 0 Å². The lowest BCUT2D eigenvalue weighted by Gasteiger charge is -2.33. The Hall–Kier alpha value is -0.830. The molecule has 0 aromatic heterocycles. The van der Waals surface area contributed by atoms with E-state index in [2.05, 4.69) is 5.32 Å². The second-order valence-electron chi connectivity index (χ2n) is 5.04. The fraction of sp³-hybridized carbons (Fsp3) is 0.769. The minimum absolute atomic E-state index is 0.239. The Morgan fingerprint density at radius 2 is 1.88 bits per heavy atom. The molecular formula is C13H22N2O. The molecule has 0 radical (unpaired) electrons. The maximum atomic E-state index is 12.2. The van der Waals surface area contributed by atoms with E-state index in [-0.39, 0.29) is 5.91 Å². The van der Waals surface area contributed by atoms with E-state index in [1.807, 2.05) is 18.9 Å². The van der Waals surface area contributed by atoms with Crippen LogP contribution in [0, 0.1) is 0 Å². The van der Waals surface area contributed by atoms with Gasteiger partial charge in [-0.1, -0.05) is 19.3 Å². The number of likely N-dealkylation sites (N-methyl/N-ethyl adjacent to an activating group) is 1. The van der Waals surface area contributed by atoms with Crippen LogP contribution >= 0.6 is 0 Å². The summed E-state index contributed by atoms with van der Waals surface area (Å²) in [5.74, 6) is 0.239. The second-order valence-corrected chi connectivity index (χ2v) is 5.04. The summed E-state index contributed by atoms with van der Waals surface area (Å²) in [4.78, 5) is 14.2. The maximum Gasteiger partial charge on any atom is 0.249 e. The van der Waals surface area contributed by atoms with Crippen LogP contribution in [0.2, 0.25) is 0 Å². The standard InChI is InChI=1S/C13H22N2O/c1-10(11-8-14-9-11)13(16)15(2)12-6-4-3-5-7-12/h12,14H,3-9H2,1-2H3. The molecule has 1 saturated heterocycles. The van der Waals surface area contributed by atoms with E-state index < -0.39 is 0 Å². The highest BCUT2D eigenvalue weighted by atomic mass is 16.2. The van der Waals surface area contributed by atoms with Crippen LogP contribution < -0.4 is 5.32 Å². The largest absolute Gasteiger partial charge is 0.339 e. The molecule has 0 aromatic rings. The van der Waals surface area contributed by atoms with Crippen molar-refractivity contribution in [1.29, 1.82) is 0 Å². The number of carbonyl (C=O) groups excluding carboxylic acids is 1. The molecule has 2 fully saturated rings. The molecule has 3 heteroatoms. The van der Waals surface area contributed by atoms with Gasteiger partial charge < -0.3 is 10.2 Å². The first-order valence-corrected chi connectivity index (χ1v) is 6.36. The summed E-state index contributed by atoms with van der Waals surface area (Å²) in [6, 6.07) is 0.477. The zero-order chi connectivity index (χ0) is 11.5. The Bertz CT molecular complexity index is 297. The number of nitrogens with one attached hydrogen (secondary N) is 1. The third-order valence-electron chi connectivity index (χ3n) is 3.97. The van der Waals surface area contributed by atoms with E-state index in [1.54, 1.807) is 0 Å². The van der Waals surface area contributed by atoms with Crippen LogP contribution in [0.5, 0.6) is 0 Å². The lowest BCUT2D eigenvalue weighted by molar-refractivity contribution is -0.128. The third-order valence-corrected chi connectivity index (χ3v) is 3.97. The van der Waals surface area contributed by atoms with Crippen molar-refractivity contribution in [3.05, 3.63) is 11.1 Å². The summed E-state index contributed by atoms with van der Waals surface area (Å²) in [5.41, 5.74) is 2.25.